The zero-order valence-corrected chi connectivity index (χ0v) is 10.5. The fourth-order valence-corrected chi connectivity index (χ4v) is 3.62. The molecule has 1 nitrogen and oxygen atoms in total. The van der Waals surface area contributed by atoms with Crippen LogP contribution in [0.15, 0.2) is 18.2 Å². The van der Waals surface area contributed by atoms with Gasteiger partial charge in [-0.2, -0.15) is 11.8 Å². The molecule has 88 valence electrons. The number of benzene rings is 1. The van der Waals surface area contributed by atoms with E-state index in [0.29, 0.717) is 10.3 Å². The summed E-state index contributed by atoms with van der Waals surface area (Å²) in [6.07, 6.45) is 3.56. The van der Waals surface area contributed by atoms with Gasteiger partial charge in [-0.05, 0) is 42.4 Å². The first-order valence-electron chi connectivity index (χ1n) is 5.50. The van der Waals surface area contributed by atoms with Crippen LogP contribution in [0.25, 0.3) is 0 Å². The Morgan fingerprint density at radius 3 is 2.94 bits per heavy atom. The molecule has 1 aromatic rings. The number of hydrogen-bond acceptors (Lipinski definition) is 2. The lowest BCUT2D eigenvalue weighted by molar-refractivity contribution is 0.574. The fraction of sp³-hybridized carbons (Fsp3) is 0.500. The van der Waals surface area contributed by atoms with Crippen molar-refractivity contribution in [2.24, 2.45) is 5.73 Å². The van der Waals surface area contributed by atoms with E-state index in [4.69, 9.17) is 17.3 Å². The van der Waals surface area contributed by atoms with Gasteiger partial charge < -0.3 is 5.73 Å². The van der Waals surface area contributed by atoms with Crippen molar-refractivity contribution < 1.29 is 4.39 Å². The lowest BCUT2D eigenvalue weighted by Crippen LogP contribution is -2.26. The molecule has 0 radical (unpaired) electrons. The molecule has 0 aromatic heterocycles. The summed E-state index contributed by atoms with van der Waals surface area (Å²) in [6.45, 7) is 0. The normalized spacial score (nSPS) is 23.1. The lowest BCUT2D eigenvalue weighted by Gasteiger charge is -2.27. The van der Waals surface area contributed by atoms with Crippen LogP contribution in [0.3, 0.4) is 0 Å². The van der Waals surface area contributed by atoms with Gasteiger partial charge in [-0.1, -0.05) is 18.0 Å². The second kappa shape index (κ2) is 5.39. The van der Waals surface area contributed by atoms with Crippen molar-refractivity contribution in [2.75, 3.05) is 5.75 Å². The van der Waals surface area contributed by atoms with Crippen LogP contribution in [0.5, 0.6) is 0 Å². The van der Waals surface area contributed by atoms with Crippen molar-refractivity contribution in [1.82, 2.24) is 0 Å². The molecule has 16 heavy (non-hydrogen) atoms. The van der Waals surface area contributed by atoms with Crippen molar-refractivity contribution in [3.8, 4) is 0 Å². The standard InChI is InChI=1S/C12H15ClFNS/c13-10-5-4-8(14)7-9(10)12(15)11-3-1-2-6-16-11/h4-5,7,11-12H,1-3,6,15H2. The number of nitrogens with two attached hydrogens (primary N) is 1. The molecule has 0 aliphatic carbocycles. The second-order valence-corrected chi connectivity index (χ2v) is 5.85. The van der Waals surface area contributed by atoms with Gasteiger partial charge in [-0.15, -0.1) is 0 Å². The Kier molecular flexibility index (Phi) is 4.11. The van der Waals surface area contributed by atoms with Crippen LogP contribution in [0.1, 0.15) is 30.9 Å². The van der Waals surface area contributed by atoms with Gasteiger partial charge in [0.25, 0.3) is 0 Å². The molecule has 2 N–H and O–H groups in total. The zero-order valence-electron chi connectivity index (χ0n) is 8.96. The minimum atomic E-state index is -0.268. The molecule has 2 atom stereocenters. The first-order chi connectivity index (χ1) is 7.68. The monoisotopic (exact) mass is 259 g/mol. The summed E-state index contributed by atoms with van der Waals surface area (Å²) in [7, 11) is 0. The van der Waals surface area contributed by atoms with E-state index >= 15 is 0 Å². The van der Waals surface area contributed by atoms with Crippen molar-refractivity contribution in [3.63, 3.8) is 0 Å². The van der Waals surface area contributed by atoms with Crippen molar-refractivity contribution in [3.05, 3.63) is 34.6 Å². The third kappa shape index (κ3) is 2.70. The van der Waals surface area contributed by atoms with Gasteiger partial charge in [0.05, 0.1) is 0 Å². The van der Waals surface area contributed by atoms with Gasteiger partial charge in [0.15, 0.2) is 0 Å². The van der Waals surface area contributed by atoms with E-state index in [1.54, 1.807) is 6.07 Å². The minimum Gasteiger partial charge on any atom is -0.323 e. The quantitative estimate of drug-likeness (QED) is 0.875. The Balaban J connectivity index is 2.18. The highest BCUT2D eigenvalue weighted by Crippen LogP contribution is 2.35. The van der Waals surface area contributed by atoms with E-state index in [0.717, 1.165) is 17.7 Å². The maximum atomic E-state index is 13.2. The van der Waals surface area contributed by atoms with Gasteiger partial charge in [-0.3, -0.25) is 0 Å². The molecule has 0 bridgehead atoms. The summed E-state index contributed by atoms with van der Waals surface area (Å²) in [6, 6.07) is 4.25. The molecule has 0 spiro atoms. The van der Waals surface area contributed by atoms with Gasteiger partial charge in [0.1, 0.15) is 5.82 Å². The third-order valence-electron chi connectivity index (χ3n) is 2.93. The predicted molar refractivity (Wildman–Crippen MR) is 68.4 cm³/mol. The summed E-state index contributed by atoms with van der Waals surface area (Å²) >= 11 is 7.93. The molecule has 1 aliphatic heterocycles. The highest BCUT2D eigenvalue weighted by atomic mass is 35.5. The largest absolute Gasteiger partial charge is 0.323 e. The molecule has 1 aromatic carbocycles. The van der Waals surface area contributed by atoms with Crippen LogP contribution in [-0.2, 0) is 0 Å². The first kappa shape index (κ1) is 12.2. The summed E-state index contributed by atoms with van der Waals surface area (Å²) in [5.41, 5.74) is 6.90. The Morgan fingerprint density at radius 1 is 1.44 bits per heavy atom. The van der Waals surface area contributed by atoms with Crippen molar-refractivity contribution in [2.45, 2.75) is 30.6 Å². The van der Waals surface area contributed by atoms with E-state index < -0.39 is 0 Å². The van der Waals surface area contributed by atoms with Gasteiger partial charge in [0, 0.05) is 16.3 Å². The number of hydrogen-bond donors (Lipinski definition) is 1. The summed E-state index contributed by atoms with van der Waals surface area (Å²) in [5, 5.41) is 0.938. The van der Waals surface area contributed by atoms with Gasteiger partial charge in [-0.25, -0.2) is 4.39 Å². The minimum absolute atomic E-state index is 0.159. The van der Waals surface area contributed by atoms with Crippen LogP contribution in [0, 0.1) is 5.82 Å². The van der Waals surface area contributed by atoms with Crippen LogP contribution < -0.4 is 5.73 Å². The fourth-order valence-electron chi connectivity index (χ4n) is 2.02. The molecule has 0 saturated carbocycles. The topological polar surface area (TPSA) is 26.0 Å². The van der Waals surface area contributed by atoms with E-state index in [1.165, 1.54) is 25.0 Å². The first-order valence-corrected chi connectivity index (χ1v) is 6.93. The lowest BCUT2D eigenvalue weighted by atomic mass is 10.00. The molecular weight excluding hydrogens is 245 g/mol. The number of thioether (sulfide) groups is 1. The van der Waals surface area contributed by atoms with E-state index in [1.807, 2.05) is 11.8 Å². The average Bonchev–Trinajstić information content (AvgIpc) is 2.32. The summed E-state index contributed by atoms with van der Waals surface area (Å²) in [4.78, 5) is 0. The van der Waals surface area contributed by atoms with Crippen molar-refractivity contribution >= 4 is 23.4 Å². The maximum Gasteiger partial charge on any atom is 0.123 e. The number of rotatable bonds is 2. The molecule has 2 rings (SSSR count). The molecule has 1 fully saturated rings. The maximum absolute atomic E-state index is 13.2. The predicted octanol–water partition coefficient (Wildman–Crippen LogP) is 3.76. The molecule has 2 unspecified atom stereocenters. The van der Waals surface area contributed by atoms with E-state index in [9.17, 15) is 4.39 Å². The van der Waals surface area contributed by atoms with Crippen LogP contribution >= 0.6 is 23.4 Å². The SMILES string of the molecule is NC(c1cc(F)ccc1Cl)C1CCCCS1. The summed E-state index contributed by atoms with van der Waals surface area (Å²) < 4.78 is 13.2. The van der Waals surface area contributed by atoms with Crippen LogP contribution in [-0.4, -0.2) is 11.0 Å². The van der Waals surface area contributed by atoms with Gasteiger partial charge >= 0.3 is 0 Å². The third-order valence-corrected chi connectivity index (χ3v) is 4.76. The molecular formula is C12H15ClFNS. The zero-order chi connectivity index (χ0) is 11.5. The summed E-state index contributed by atoms with van der Waals surface area (Å²) in [5.74, 6) is 0.876. The second-order valence-electron chi connectivity index (χ2n) is 4.10. The highest BCUT2D eigenvalue weighted by Gasteiger charge is 2.24. The van der Waals surface area contributed by atoms with E-state index in [-0.39, 0.29) is 11.9 Å². The Bertz CT molecular complexity index is 366. The Hall–Kier alpha value is -0.250. The van der Waals surface area contributed by atoms with Crippen molar-refractivity contribution in [1.29, 1.82) is 0 Å². The van der Waals surface area contributed by atoms with Gasteiger partial charge in [0.2, 0.25) is 0 Å². The Labute approximate surface area is 105 Å². The molecule has 0 amide bonds. The molecule has 4 heteroatoms. The number of halogens is 2. The molecule has 1 saturated heterocycles. The smallest absolute Gasteiger partial charge is 0.123 e. The highest BCUT2D eigenvalue weighted by molar-refractivity contribution is 8.00. The van der Waals surface area contributed by atoms with Crippen LogP contribution in [0.4, 0.5) is 4.39 Å². The molecule has 1 heterocycles. The van der Waals surface area contributed by atoms with E-state index in [2.05, 4.69) is 0 Å². The average molecular weight is 260 g/mol. The van der Waals surface area contributed by atoms with Crippen LogP contribution in [0.2, 0.25) is 5.02 Å². The molecule has 1 aliphatic rings. The Morgan fingerprint density at radius 2 is 2.25 bits per heavy atom.